The zero-order chi connectivity index (χ0) is 19.4. The standard InChI is InChI=1S/C20H20N2O4S/c1-15(19-9-6-14-26-19)21-20(23)16-10-12-18(13-11-16)27(24,25)22(2)17-7-4-3-5-8-17/h3-15H,1-2H3,(H,21,23)/t15-/m1/s1. The van der Waals surface area contributed by atoms with Gasteiger partial charge in [0.2, 0.25) is 0 Å². The number of rotatable bonds is 6. The fourth-order valence-corrected chi connectivity index (χ4v) is 3.80. The fourth-order valence-electron chi connectivity index (χ4n) is 2.60. The van der Waals surface area contributed by atoms with Crippen LogP contribution in [0.1, 0.15) is 29.1 Å². The Balaban J connectivity index is 1.75. The molecule has 0 radical (unpaired) electrons. The van der Waals surface area contributed by atoms with Gasteiger partial charge in [0.1, 0.15) is 5.76 Å². The molecule has 0 aliphatic carbocycles. The van der Waals surface area contributed by atoms with Gasteiger partial charge in [-0.3, -0.25) is 9.10 Å². The van der Waals surface area contributed by atoms with Crippen LogP contribution in [0.15, 0.2) is 82.3 Å². The highest BCUT2D eigenvalue weighted by Gasteiger charge is 2.22. The third-order valence-electron chi connectivity index (χ3n) is 4.21. The first kappa shape index (κ1) is 18.7. The maximum Gasteiger partial charge on any atom is 0.264 e. The lowest BCUT2D eigenvalue weighted by Gasteiger charge is -2.19. The van der Waals surface area contributed by atoms with Crippen LogP contribution in [0.2, 0.25) is 0 Å². The van der Waals surface area contributed by atoms with Crippen LogP contribution in [-0.2, 0) is 10.0 Å². The van der Waals surface area contributed by atoms with Crippen LogP contribution >= 0.6 is 0 Å². The maximum absolute atomic E-state index is 12.8. The van der Waals surface area contributed by atoms with E-state index < -0.39 is 10.0 Å². The van der Waals surface area contributed by atoms with E-state index >= 15 is 0 Å². The number of amides is 1. The van der Waals surface area contributed by atoms with Crippen molar-refractivity contribution in [2.24, 2.45) is 0 Å². The van der Waals surface area contributed by atoms with Crippen LogP contribution in [0.5, 0.6) is 0 Å². The van der Waals surface area contributed by atoms with Crippen LogP contribution in [0, 0.1) is 0 Å². The van der Waals surface area contributed by atoms with Gasteiger partial charge in [0.05, 0.1) is 22.9 Å². The highest BCUT2D eigenvalue weighted by Crippen LogP contribution is 2.22. The first-order chi connectivity index (χ1) is 12.9. The minimum absolute atomic E-state index is 0.115. The normalized spacial score (nSPS) is 12.4. The number of benzene rings is 2. The zero-order valence-electron chi connectivity index (χ0n) is 15.0. The largest absolute Gasteiger partial charge is 0.467 e. The van der Waals surface area contributed by atoms with Crippen molar-refractivity contribution in [2.75, 3.05) is 11.4 Å². The number of para-hydroxylation sites is 1. The van der Waals surface area contributed by atoms with E-state index in [1.807, 2.05) is 13.0 Å². The minimum Gasteiger partial charge on any atom is -0.467 e. The SMILES string of the molecule is C[C@@H](NC(=O)c1ccc(S(=O)(=O)N(C)c2ccccc2)cc1)c1ccco1. The lowest BCUT2D eigenvalue weighted by atomic mass is 10.2. The Morgan fingerprint density at radius 2 is 1.67 bits per heavy atom. The quantitative estimate of drug-likeness (QED) is 0.704. The van der Waals surface area contributed by atoms with Crippen molar-refractivity contribution in [2.45, 2.75) is 17.9 Å². The summed E-state index contributed by atoms with van der Waals surface area (Å²) in [5, 5.41) is 2.81. The lowest BCUT2D eigenvalue weighted by Crippen LogP contribution is -2.27. The number of carbonyl (C=O) groups is 1. The number of nitrogens with zero attached hydrogens (tertiary/aromatic N) is 1. The average Bonchev–Trinajstić information content (AvgIpc) is 3.23. The summed E-state index contributed by atoms with van der Waals surface area (Å²) < 4.78 is 32.0. The Kier molecular flexibility index (Phi) is 5.32. The van der Waals surface area contributed by atoms with Gasteiger partial charge in [0.15, 0.2) is 0 Å². The molecule has 0 saturated heterocycles. The molecule has 0 spiro atoms. The van der Waals surface area contributed by atoms with Crippen LogP contribution in [0.3, 0.4) is 0 Å². The molecule has 0 aliphatic rings. The molecular formula is C20H20N2O4S. The van der Waals surface area contributed by atoms with Gasteiger partial charge < -0.3 is 9.73 Å². The van der Waals surface area contributed by atoms with E-state index in [9.17, 15) is 13.2 Å². The Bertz CT molecular complexity index is 998. The molecule has 1 heterocycles. The van der Waals surface area contributed by atoms with Crippen molar-refractivity contribution in [3.05, 3.63) is 84.3 Å². The third-order valence-corrected chi connectivity index (χ3v) is 6.01. The summed E-state index contributed by atoms with van der Waals surface area (Å²) >= 11 is 0. The van der Waals surface area contributed by atoms with Crippen molar-refractivity contribution in [1.29, 1.82) is 0 Å². The predicted octanol–water partition coefficient (Wildman–Crippen LogP) is 3.60. The maximum atomic E-state index is 12.8. The molecule has 3 aromatic rings. The summed E-state index contributed by atoms with van der Waals surface area (Å²) in [6.07, 6.45) is 1.54. The molecule has 0 bridgehead atoms. The topological polar surface area (TPSA) is 79.6 Å². The van der Waals surface area contributed by atoms with E-state index in [-0.39, 0.29) is 16.8 Å². The second-order valence-corrected chi connectivity index (χ2v) is 8.01. The second kappa shape index (κ2) is 7.67. The van der Waals surface area contributed by atoms with Crippen molar-refractivity contribution in [3.8, 4) is 0 Å². The molecule has 0 aliphatic heterocycles. The van der Waals surface area contributed by atoms with Gasteiger partial charge in [-0.15, -0.1) is 0 Å². The summed E-state index contributed by atoms with van der Waals surface area (Å²) in [5.74, 6) is 0.339. The highest BCUT2D eigenvalue weighted by atomic mass is 32.2. The summed E-state index contributed by atoms with van der Waals surface area (Å²) in [6, 6.07) is 17.9. The van der Waals surface area contributed by atoms with E-state index in [0.29, 0.717) is 17.0 Å². The van der Waals surface area contributed by atoms with E-state index in [1.54, 1.807) is 42.7 Å². The number of hydrogen-bond donors (Lipinski definition) is 1. The first-order valence-corrected chi connectivity index (χ1v) is 9.82. The van der Waals surface area contributed by atoms with Crippen molar-refractivity contribution < 1.29 is 17.6 Å². The number of carbonyl (C=O) groups excluding carboxylic acids is 1. The molecule has 1 N–H and O–H groups in total. The van der Waals surface area contributed by atoms with Crippen LogP contribution in [0.25, 0.3) is 0 Å². The Labute approximate surface area is 158 Å². The van der Waals surface area contributed by atoms with Gasteiger partial charge >= 0.3 is 0 Å². The molecule has 6 nitrogen and oxygen atoms in total. The minimum atomic E-state index is -3.71. The molecule has 1 aromatic heterocycles. The Morgan fingerprint density at radius 1 is 1.00 bits per heavy atom. The van der Waals surface area contributed by atoms with Gasteiger partial charge in [0.25, 0.3) is 15.9 Å². The third kappa shape index (κ3) is 4.03. The van der Waals surface area contributed by atoms with Crippen molar-refractivity contribution in [1.82, 2.24) is 5.32 Å². The van der Waals surface area contributed by atoms with Gasteiger partial charge in [-0.1, -0.05) is 18.2 Å². The number of furan rings is 1. The molecule has 1 amide bonds. The molecule has 140 valence electrons. The Morgan fingerprint density at radius 3 is 2.26 bits per heavy atom. The van der Waals surface area contributed by atoms with Gasteiger partial charge in [0, 0.05) is 12.6 Å². The zero-order valence-corrected chi connectivity index (χ0v) is 15.8. The number of sulfonamides is 1. The smallest absolute Gasteiger partial charge is 0.264 e. The molecule has 0 saturated carbocycles. The predicted molar refractivity (Wildman–Crippen MR) is 103 cm³/mol. The summed E-state index contributed by atoms with van der Waals surface area (Å²) in [7, 11) is -2.21. The van der Waals surface area contributed by atoms with Crippen molar-refractivity contribution in [3.63, 3.8) is 0 Å². The molecule has 27 heavy (non-hydrogen) atoms. The monoisotopic (exact) mass is 384 g/mol. The van der Waals surface area contributed by atoms with Crippen molar-refractivity contribution >= 4 is 21.6 Å². The first-order valence-electron chi connectivity index (χ1n) is 8.38. The van der Waals surface area contributed by atoms with E-state index in [4.69, 9.17) is 4.42 Å². The van der Waals surface area contributed by atoms with E-state index in [1.165, 1.54) is 35.6 Å². The number of hydrogen-bond acceptors (Lipinski definition) is 4. The lowest BCUT2D eigenvalue weighted by molar-refractivity contribution is 0.0935. The molecule has 1 atom stereocenters. The Hall–Kier alpha value is -3.06. The number of anilines is 1. The molecule has 7 heteroatoms. The fraction of sp³-hybridized carbons (Fsp3) is 0.150. The summed E-state index contributed by atoms with van der Waals surface area (Å²) in [5.41, 5.74) is 0.932. The molecule has 3 rings (SSSR count). The summed E-state index contributed by atoms with van der Waals surface area (Å²) in [6.45, 7) is 1.81. The average molecular weight is 384 g/mol. The van der Waals surface area contributed by atoms with E-state index in [0.717, 1.165) is 0 Å². The second-order valence-electron chi connectivity index (χ2n) is 6.04. The molecule has 0 unspecified atom stereocenters. The van der Waals surface area contributed by atoms with E-state index in [2.05, 4.69) is 5.32 Å². The van der Waals surface area contributed by atoms with Crippen LogP contribution in [0.4, 0.5) is 5.69 Å². The van der Waals surface area contributed by atoms with Crippen LogP contribution < -0.4 is 9.62 Å². The van der Waals surface area contributed by atoms with Gasteiger partial charge in [-0.2, -0.15) is 0 Å². The highest BCUT2D eigenvalue weighted by molar-refractivity contribution is 7.92. The van der Waals surface area contributed by atoms with Gasteiger partial charge in [-0.05, 0) is 55.5 Å². The summed E-state index contributed by atoms with van der Waals surface area (Å²) in [4.78, 5) is 12.5. The number of nitrogens with one attached hydrogen (secondary N) is 1. The van der Waals surface area contributed by atoms with Crippen LogP contribution in [-0.4, -0.2) is 21.4 Å². The molecular weight excluding hydrogens is 364 g/mol. The molecule has 0 fully saturated rings. The van der Waals surface area contributed by atoms with Gasteiger partial charge in [-0.25, -0.2) is 8.42 Å². The molecule has 2 aromatic carbocycles.